The van der Waals surface area contributed by atoms with Crippen LogP contribution < -0.4 is 60.2 Å². The minimum Gasteiger partial charge on any atom is -0.385 e. The molecule has 0 bridgehead atoms. The first kappa shape index (κ1) is 123. The zero-order chi connectivity index (χ0) is 111. The highest BCUT2D eigenvalue weighted by Gasteiger charge is 2.40. The Labute approximate surface area is 891 Å². The van der Waals surface area contributed by atoms with Gasteiger partial charge in [-0.3, -0.25) is 4.72 Å². The maximum Gasteiger partial charge on any atom is 0.237 e. The number of benzene rings is 8. The molecule has 39 heteroatoms. The number of para-hydroxylation sites is 1. The van der Waals surface area contributed by atoms with Crippen molar-refractivity contribution in [2.45, 2.75) is 324 Å². The Morgan fingerprint density at radius 1 is 0.280 bits per heavy atom. The van der Waals surface area contributed by atoms with Crippen molar-refractivity contribution in [3.8, 4) is 11.1 Å². The molecule has 15 rings (SSSR count). The number of halogens is 8. The maximum absolute atomic E-state index is 13.6. The smallest absolute Gasteiger partial charge is 0.237 e. The summed E-state index contributed by atoms with van der Waals surface area (Å²) in [7, 11) is -20.0. The molecule has 8 aromatic carbocycles. The van der Waals surface area contributed by atoms with Gasteiger partial charge in [0.15, 0.2) is 11.6 Å². The minimum absolute atomic E-state index is 0.0197. The van der Waals surface area contributed by atoms with Crippen molar-refractivity contribution < 1.29 is 85.6 Å². The molecule has 6 aliphatic rings. The number of hydrogen-bond donors (Lipinski definition) is 12. The molecule has 12 N–H and O–H groups in total. The van der Waals surface area contributed by atoms with E-state index in [0.29, 0.717) is 79.1 Å². The van der Waals surface area contributed by atoms with Gasteiger partial charge in [0.2, 0.25) is 60.1 Å². The number of thiophene rings is 1. The topological polar surface area (TPSA) is 349 Å². The van der Waals surface area contributed by atoms with Crippen LogP contribution in [0.1, 0.15) is 276 Å². The quantitative estimate of drug-likeness (QED) is 0.0186. The molecule has 150 heavy (non-hydrogen) atoms. The first-order valence-corrected chi connectivity index (χ1v) is 61.7. The molecule has 5 saturated carbocycles. The number of anilines is 6. The van der Waals surface area contributed by atoms with Gasteiger partial charge in [0, 0.05) is 103 Å². The molecule has 0 atom stereocenters. The van der Waals surface area contributed by atoms with Crippen LogP contribution >= 0.6 is 11.3 Å². The van der Waals surface area contributed by atoms with Gasteiger partial charge < -0.3 is 31.9 Å². The normalized spacial score (nSPS) is 20.7. The fourth-order valence-electron chi connectivity index (χ4n) is 17.9. The molecular formula is C111H158F8N12O12S7. The van der Waals surface area contributed by atoms with E-state index < -0.39 is 135 Å². The van der Waals surface area contributed by atoms with Gasteiger partial charge >= 0.3 is 0 Å². The van der Waals surface area contributed by atoms with Gasteiger partial charge in [0.1, 0.15) is 40.6 Å². The second-order valence-corrected chi connectivity index (χ2v) is 62.0. The summed E-state index contributed by atoms with van der Waals surface area (Å²) < 4.78 is 266. The Kier molecular flexibility index (Phi) is 43.4. The summed E-state index contributed by atoms with van der Waals surface area (Å²) in [5.41, 5.74) is 9.33. The second kappa shape index (κ2) is 52.8. The Balaban J connectivity index is 0.000000184. The average molecular weight is 2230 g/mol. The Bertz CT molecular complexity index is 6550. The third-order valence-electron chi connectivity index (χ3n) is 28.3. The molecule has 1 aromatic heterocycles. The van der Waals surface area contributed by atoms with Gasteiger partial charge in [0.05, 0.1) is 40.2 Å². The molecular weight excluding hydrogens is 2070 g/mol. The van der Waals surface area contributed by atoms with E-state index in [2.05, 4.69) is 138 Å². The van der Waals surface area contributed by atoms with Crippen molar-refractivity contribution in [2.24, 2.45) is 29.6 Å². The number of rotatable bonds is 30. The highest BCUT2D eigenvalue weighted by molar-refractivity contribution is 7.94. The summed E-state index contributed by atoms with van der Waals surface area (Å²) in [6.07, 6.45) is 17.0. The SMILES string of the molecule is CC(C)(C)S(=O)(=O)NC1CCC(CNC2c3ccccc3-c3ccccc32)CC1.CC(C)(C)S(=O)(=O)NC1CCC(CNc2c(F)cccc2F)CC1.CC(C)(C)S(=O)(=O)NC1CCC(CNc2cc(F)cc(F)c2)CC1.CC(C)(C)S(=O)(=O)NC1CCC(CNc2ccc(F)c(F)c2)CC1.CC(C)(C)S(=O)(=O)NC1CCC(CNc2ccc(F)cc2F)CC1.CC(C)(C)S(=O)(=O)Nc1ccc(CNc2ccc3sccc3c2)cc1. The lowest BCUT2D eigenvalue weighted by atomic mass is 9.86. The molecule has 0 saturated heterocycles. The summed E-state index contributed by atoms with van der Waals surface area (Å²) in [6, 6.07) is 47.8. The summed E-state index contributed by atoms with van der Waals surface area (Å²) in [5, 5.41) is 22.6. The third kappa shape index (κ3) is 36.5. The molecule has 0 unspecified atom stereocenters. The van der Waals surface area contributed by atoms with Gasteiger partial charge in [-0.05, 0) is 419 Å². The van der Waals surface area contributed by atoms with Crippen LogP contribution in [-0.2, 0) is 66.7 Å². The van der Waals surface area contributed by atoms with E-state index in [4.69, 9.17) is 0 Å². The van der Waals surface area contributed by atoms with E-state index in [9.17, 15) is 85.6 Å². The largest absolute Gasteiger partial charge is 0.385 e. The zero-order valence-corrected chi connectivity index (χ0v) is 95.5. The van der Waals surface area contributed by atoms with E-state index in [1.54, 1.807) is 148 Å². The fraction of sp³-hybridized carbons (Fsp3) is 0.550. The van der Waals surface area contributed by atoms with Gasteiger partial charge in [-0.2, -0.15) is 0 Å². The number of nitrogens with one attached hydrogen (secondary N) is 12. The molecule has 0 spiro atoms. The number of fused-ring (bicyclic) bond motifs is 4. The van der Waals surface area contributed by atoms with Crippen LogP contribution in [0.25, 0.3) is 21.2 Å². The van der Waals surface area contributed by atoms with E-state index in [1.165, 1.54) is 80.9 Å². The van der Waals surface area contributed by atoms with E-state index in [0.717, 1.165) is 170 Å². The van der Waals surface area contributed by atoms with E-state index in [1.807, 2.05) is 12.1 Å². The first-order valence-electron chi connectivity index (χ1n) is 51.9. The molecule has 832 valence electrons. The second-order valence-electron chi connectivity index (χ2n) is 46.2. The van der Waals surface area contributed by atoms with Crippen molar-refractivity contribution in [1.29, 1.82) is 0 Å². The lowest BCUT2D eigenvalue weighted by Crippen LogP contribution is -2.46. The standard InChI is InChI=1S/C24H32N2O2S.C19H22N2O2S2.4C17H26F2N2O2S/c1-24(2,3)29(27,28)26-18-14-12-17(13-15-18)16-25-23-21-10-6-4-8-19(21)20-9-5-7-11-22(20)23;1-19(2,3)25(22,23)21-16-6-4-14(5-7-16)13-20-17-8-9-18-15(12-17)10-11-24-18;1-17(2,3)24(22,23)21-14-7-4-12(5-8-14)11-20-16-9-6-13(18)10-15(16)19;1-17(2,3)24(22,23)21-15-6-4-12(5-7-15)11-20-16-9-13(18)8-14(19)10-16;1-17(2,3)24(22,23)21-13-6-4-12(5-7-13)11-20-14-8-9-15(18)16(19)10-14;1-17(2,3)24(22,23)21-13-9-7-12(8-10-13)11-20-16-14(18)5-4-6-15(16)19/h4-11,17-18,23,25-26H,12-16H2,1-3H3;4-12,20-21H,13H2,1-3H3;6,9-10,12,14,20-21H,4-5,7-8,11H2,1-3H3;8-10,12,15,20-21H,4-7,11H2,1-3H3;8-10,12-13,20-21H,4-7,11H2,1-3H3;4-6,12-13,20-21H,7-11H2,1-3H3. The van der Waals surface area contributed by atoms with Crippen molar-refractivity contribution in [2.75, 3.05) is 64.0 Å². The molecule has 24 nitrogen and oxygen atoms in total. The maximum atomic E-state index is 13.6. The molecule has 0 amide bonds. The highest BCUT2D eigenvalue weighted by Crippen LogP contribution is 2.44. The van der Waals surface area contributed by atoms with Crippen LogP contribution in [0.3, 0.4) is 0 Å². The molecule has 0 aliphatic heterocycles. The van der Waals surface area contributed by atoms with Crippen molar-refractivity contribution in [3.63, 3.8) is 0 Å². The Morgan fingerprint density at radius 2 is 0.633 bits per heavy atom. The van der Waals surface area contributed by atoms with Crippen molar-refractivity contribution in [1.82, 2.24) is 28.9 Å². The lowest BCUT2D eigenvalue weighted by molar-refractivity contribution is 0.297. The van der Waals surface area contributed by atoms with Crippen molar-refractivity contribution >= 4 is 116 Å². The van der Waals surface area contributed by atoms with Gasteiger partial charge in [-0.25, -0.2) is 109 Å². The molecule has 5 fully saturated rings. The van der Waals surface area contributed by atoms with Gasteiger partial charge in [0.25, 0.3) is 0 Å². The molecule has 9 aromatic rings. The number of hydrogen-bond acceptors (Lipinski definition) is 19. The first-order chi connectivity index (χ1) is 69.8. The fourth-order valence-corrected chi connectivity index (χ4v) is 24.6. The average Bonchev–Trinajstić information content (AvgIpc) is 1.61. The Hall–Kier alpha value is -8.58. The van der Waals surface area contributed by atoms with Crippen molar-refractivity contribution in [3.05, 3.63) is 238 Å². The van der Waals surface area contributed by atoms with E-state index in [-0.39, 0.29) is 47.9 Å². The summed E-state index contributed by atoms with van der Waals surface area (Å²) in [6.45, 7) is 34.5. The lowest BCUT2D eigenvalue weighted by Gasteiger charge is -2.32. The van der Waals surface area contributed by atoms with E-state index >= 15 is 0 Å². The predicted octanol–water partition coefficient (Wildman–Crippen LogP) is 24.3. The summed E-state index contributed by atoms with van der Waals surface area (Å²) in [4.78, 5) is 0. The monoisotopic (exact) mass is 2230 g/mol. The zero-order valence-electron chi connectivity index (χ0n) is 89.8. The Morgan fingerprint density at radius 3 is 1.02 bits per heavy atom. The van der Waals surface area contributed by atoms with Crippen LogP contribution in [0.2, 0.25) is 0 Å². The van der Waals surface area contributed by atoms with Crippen LogP contribution in [-0.4, -0.2) is 142 Å². The third-order valence-corrected chi connectivity index (χ3v) is 42.6. The highest BCUT2D eigenvalue weighted by atomic mass is 32.2. The van der Waals surface area contributed by atoms with Crippen LogP contribution in [0.4, 0.5) is 69.2 Å². The molecule has 1 heterocycles. The predicted molar refractivity (Wildman–Crippen MR) is 597 cm³/mol. The number of sulfonamides is 6. The minimum atomic E-state index is -3.40. The molecule has 6 aliphatic carbocycles. The van der Waals surface area contributed by atoms with Gasteiger partial charge in [-0.1, -0.05) is 66.7 Å². The van der Waals surface area contributed by atoms with Crippen LogP contribution in [0, 0.1) is 76.1 Å². The summed E-state index contributed by atoms with van der Waals surface area (Å²) in [5.74, 6) is -3.31. The van der Waals surface area contributed by atoms with Crippen LogP contribution in [0.5, 0.6) is 0 Å². The van der Waals surface area contributed by atoms with Gasteiger partial charge in [-0.15, -0.1) is 11.3 Å². The summed E-state index contributed by atoms with van der Waals surface area (Å²) >= 11 is 1.73. The molecule has 0 radical (unpaired) electrons. The van der Waals surface area contributed by atoms with Crippen LogP contribution in [0.15, 0.2) is 175 Å².